The third-order valence-corrected chi connectivity index (χ3v) is 2.85. The Morgan fingerprint density at radius 3 is 2.53 bits per heavy atom. The van der Waals surface area contributed by atoms with Gasteiger partial charge in [0.05, 0.1) is 6.54 Å². The molecule has 0 saturated carbocycles. The Hall–Kier alpha value is -0.360. The molecule has 102 valence electrons. The second-order valence-electron chi connectivity index (χ2n) is 5.08. The monoisotopic (exact) mass is 256 g/mol. The van der Waals surface area contributed by atoms with Crippen molar-refractivity contribution in [1.82, 2.24) is 10.2 Å². The van der Waals surface area contributed by atoms with Crippen LogP contribution in [-0.2, 0) is 0 Å². The smallest absolute Gasteiger partial charge is 0.311 e. The minimum Gasteiger partial charge on any atom is -0.311 e. The van der Waals surface area contributed by atoms with E-state index in [9.17, 15) is 17.6 Å². The molecule has 1 saturated heterocycles. The van der Waals surface area contributed by atoms with Crippen molar-refractivity contribution in [3.05, 3.63) is 0 Å². The lowest BCUT2D eigenvalue weighted by Gasteiger charge is -2.36. The molecule has 0 spiro atoms. The van der Waals surface area contributed by atoms with Crippen molar-refractivity contribution in [3.8, 4) is 0 Å². The number of nitrogens with zero attached hydrogens (tertiary/aromatic N) is 1. The molecule has 1 unspecified atom stereocenters. The zero-order valence-corrected chi connectivity index (χ0v) is 10.2. The normalized spacial score (nSPS) is 23.6. The van der Waals surface area contributed by atoms with Crippen molar-refractivity contribution in [2.24, 2.45) is 5.92 Å². The van der Waals surface area contributed by atoms with E-state index in [1.165, 1.54) is 4.90 Å². The van der Waals surface area contributed by atoms with E-state index in [1.54, 1.807) is 0 Å². The van der Waals surface area contributed by atoms with Gasteiger partial charge in [-0.1, -0.05) is 13.8 Å². The van der Waals surface area contributed by atoms with Crippen LogP contribution in [0.2, 0.25) is 0 Å². The molecule has 0 aromatic rings. The first kappa shape index (κ1) is 14.7. The molecule has 1 N–H and O–H groups in total. The first-order valence-electron chi connectivity index (χ1n) is 5.93. The summed E-state index contributed by atoms with van der Waals surface area (Å²) < 4.78 is 50.0. The van der Waals surface area contributed by atoms with Gasteiger partial charge in [0.25, 0.3) is 0 Å². The minimum absolute atomic E-state index is 0.122. The highest BCUT2D eigenvalue weighted by molar-refractivity contribution is 4.83. The van der Waals surface area contributed by atoms with Crippen LogP contribution in [0, 0.1) is 5.92 Å². The second kappa shape index (κ2) is 6.00. The van der Waals surface area contributed by atoms with Crippen molar-refractivity contribution < 1.29 is 17.6 Å². The highest BCUT2D eigenvalue weighted by atomic mass is 19.3. The number of nitrogens with one attached hydrogen (secondary N) is 1. The van der Waals surface area contributed by atoms with Crippen molar-refractivity contribution in [3.63, 3.8) is 0 Å². The summed E-state index contributed by atoms with van der Waals surface area (Å²) in [6.07, 6.45) is -2.71. The molecule has 0 aromatic heterocycles. The lowest BCUT2D eigenvalue weighted by atomic mass is 10.0. The Morgan fingerprint density at radius 2 is 2.00 bits per heavy atom. The van der Waals surface area contributed by atoms with Crippen LogP contribution in [0.25, 0.3) is 0 Å². The van der Waals surface area contributed by atoms with E-state index in [-0.39, 0.29) is 6.04 Å². The van der Waals surface area contributed by atoms with Crippen LogP contribution in [0.4, 0.5) is 17.6 Å². The van der Waals surface area contributed by atoms with Crippen LogP contribution < -0.4 is 5.32 Å². The van der Waals surface area contributed by atoms with E-state index in [0.717, 1.165) is 6.42 Å². The third kappa shape index (κ3) is 4.79. The summed E-state index contributed by atoms with van der Waals surface area (Å²) in [5, 5.41) is 3.22. The number of halogens is 4. The van der Waals surface area contributed by atoms with Crippen LogP contribution in [0.1, 0.15) is 20.3 Å². The van der Waals surface area contributed by atoms with Crippen LogP contribution in [0.5, 0.6) is 0 Å². The number of hydrogen-bond donors (Lipinski definition) is 1. The Balaban J connectivity index is 2.44. The third-order valence-electron chi connectivity index (χ3n) is 2.85. The topological polar surface area (TPSA) is 15.3 Å². The summed E-state index contributed by atoms with van der Waals surface area (Å²) in [5.41, 5.74) is 0. The SMILES string of the molecule is CC(C)CC1CN(CC(F)(F)C(F)F)CCN1. The molecule has 6 heteroatoms. The molecule has 1 aliphatic rings. The van der Waals surface area contributed by atoms with Crippen molar-refractivity contribution in [2.45, 2.75) is 38.7 Å². The van der Waals surface area contributed by atoms with Gasteiger partial charge in [-0.3, -0.25) is 4.90 Å². The lowest BCUT2D eigenvalue weighted by molar-refractivity contribution is -0.144. The molecule has 2 nitrogen and oxygen atoms in total. The minimum atomic E-state index is -3.90. The zero-order chi connectivity index (χ0) is 13.1. The Bertz CT molecular complexity index is 234. The maximum absolute atomic E-state index is 12.9. The predicted molar refractivity (Wildman–Crippen MR) is 58.6 cm³/mol. The average molecular weight is 256 g/mol. The molecule has 0 aromatic carbocycles. The molecular formula is C11H20F4N2. The van der Waals surface area contributed by atoms with Gasteiger partial charge in [-0.15, -0.1) is 0 Å². The van der Waals surface area contributed by atoms with Gasteiger partial charge in [-0.25, -0.2) is 8.78 Å². The molecule has 1 atom stereocenters. The predicted octanol–water partition coefficient (Wildman–Crippen LogP) is 2.21. The number of piperazine rings is 1. The van der Waals surface area contributed by atoms with Crippen molar-refractivity contribution >= 4 is 0 Å². The average Bonchev–Trinajstić information content (AvgIpc) is 2.15. The highest BCUT2D eigenvalue weighted by Gasteiger charge is 2.42. The van der Waals surface area contributed by atoms with Crippen LogP contribution in [-0.4, -0.2) is 49.5 Å². The molecular weight excluding hydrogens is 236 g/mol. The fourth-order valence-electron chi connectivity index (χ4n) is 2.13. The van der Waals surface area contributed by atoms with Gasteiger partial charge in [-0.05, 0) is 12.3 Å². The molecule has 1 heterocycles. The van der Waals surface area contributed by atoms with Gasteiger partial charge in [0.1, 0.15) is 0 Å². The molecule has 1 rings (SSSR count). The number of rotatable bonds is 5. The van der Waals surface area contributed by atoms with Crippen molar-refractivity contribution in [1.29, 1.82) is 0 Å². The standard InChI is InChI=1S/C11H20F4N2/c1-8(2)5-9-6-17(4-3-16-9)7-11(14,15)10(12)13/h8-10,16H,3-7H2,1-2H3. The maximum atomic E-state index is 12.9. The highest BCUT2D eigenvalue weighted by Crippen LogP contribution is 2.24. The van der Waals surface area contributed by atoms with Gasteiger partial charge in [-0.2, -0.15) is 8.78 Å². The summed E-state index contributed by atoms with van der Waals surface area (Å²) in [6.45, 7) is 4.65. The Morgan fingerprint density at radius 1 is 1.35 bits per heavy atom. The largest absolute Gasteiger partial charge is 0.319 e. The molecule has 1 aliphatic heterocycles. The first-order chi connectivity index (χ1) is 7.81. The van der Waals surface area contributed by atoms with E-state index >= 15 is 0 Å². The van der Waals surface area contributed by atoms with Crippen LogP contribution >= 0.6 is 0 Å². The summed E-state index contributed by atoms with van der Waals surface area (Å²) in [6, 6.07) is 0.122. The molecule has 1 fully saturated rings. The van der Waals surface area contributed by atoms with E-state index in [1.807, 2.05) is 13.8 Å². The zero-order valence-electron chi connectivity index (χ0n) is 10.2. The molecule has 0 aliphatic carbocycles. The van der Waals surface area contributed by atoms with E-state index in [4.69, 9.17) is 0 Å². The summed E-state index contributed by atoms with van der Waals surface area (Å²) in [5.74, 6) is -3.44. The Kier molecular flexibility index (Phi) is 5.19. The van der Waals surface area contributed by atoms with E-state index in [2.05, 4.69) is 5.32 Å². The lowest BCUT2D eigenvalue weighted by Crippen LogP contribution is -2.54. The molecule has 0 bridgehead atoms. The summed E-state index contributed by atoms with van der Waals surface area (Å²) >= 11 is 0. The van der Waals surface area contributed by atoms with Gasteiger partial charge in [0.2, 0.25) is 0 Å². The Labute approximate surface area is 99.4 Å². The quantitative estimate of drug-likeness (QED) is 0.759. The van der Waals surface area contributed by atoms with Gasteiger partial charge in [0, 0.05) is 25.7 Å². The maximum Gasteiger partial charge on any atom is 0.319 e. The summed E-state index contributed by atoms with van der Waals surface area (Å²) in [4.78, 5) is 1.43. The van der Waals surface area contributed by atoms with Gasteiger partial charge in [0.15, 0.2) is 0 Å². The fraction of sp³-hybridized carbons (Fsp3) is 1.00. The van der Waals surface area contributed by atoms with Crippen molar-refractivity contribution in [2.75, 3.05) is 26.2 Å². The molecule has 0 radical (unpaired) electrons. The van der Waals surface area contributed by atoms with E-state index in [0.29, 0.717) is 25.6 Å². The second-order valence-corrected chi connectivity index (χ2v) is 5.08. The van der Waals surface area contributed by atoms with Gasteiger partial charge < -0.3 is 5.32 Å². The van der Waals surface area contributed by atoms with Gasteiger partial charge >= 0.3 is 12.3 Å². The van der Waals surface area contributed by atoms with Crippen LogP contribution in [0.3, 0.4) is 0 Å². The number of alkyl halides is 4. The molecule has 0 amide bonds. The fourth-order valence-corrected chi connectivity index (χ4v) is 2.13. The van der Waals surface area contributed by atoms with E-state index < -0.39 is 18.9 Å². The first-order valence-corrected chi connectivity index (χ1v) is 5.93. The molecule has 17 heavy (non-hydrogen) atoms. The van der Waals surface area contributed by atoms with Crippen LogP contribution in [0.15, 0.2) is 0 Å². The number of hydrogen-bond acceptors (Lipinski definition) is 2. The summed E-state index contributed by atoms with van der Waals surface area (Å²) in [7, 11) is 0.